The zero-order valence-corrected chi connectivity index (χ0v) is 7.17. The summed E-state index contributed by atoms with van der Waals surface area (Å²) in [5, 5.41) is 0. The molecule has 3 unspecified atom stereocenters. The topological polar surface area (TPSA) is 17.1 Å². The summed E-state index contributed by atoms with van der Waals surface area (Å²) in [4.78, 5) is 10.6. The van der Waals surface area contributed by atoms with E-state index < -0.39 is 0 Å². The van der Waals surface area contributed by atoms with Gasteiger partial charge in [-0.2, -0.15) is 0 Å². The van der Waals surface area contributed by atoms with Crippen molar-refractivity contribution in [3.05, 3.63) is 12.2 Å². The van der Waals surface area contributed by atoms with Crippen LogP contribution in [0.25, 0.3) is 0 Å². The maximum Gasteiger partial charge on any atom is 0.137 e. The minimum Gasteiger partial charge on any atom is -0.302 e. The van der Waals surface area contributed by atoms with Gasteiger partial charge >= 0.3 is 0 Å². The Bertz CT molecular complexity index is 199. The average Bonchev–Trinajstić information content (AvgIpc) is 2.46. The Labute approximate surface area is 68.6 Å². The maximum atomic E-state index is 10.6. The van der Waals surface area contributed by atoms with Crippen molar-refractivity contribution in [3.63, 3.8) is 0 Å². The quantitative estimate of drug-likeness (QED) is 0.360. The summed E-state index contributed by atoms with van der Waals surface area (Å²) in [7, 11) is 0. The fraction of sp³-hybridized carbons (Fsp3) is 0.625. The number of halogens is 1. The largest absolute Gasteiger partial charge is 0.302 e. The van der Waals surface area contributed by atoms with Crippen molar-refractivity contribution in [1.29, 1.82) is 0 Å². The number of alkyl halides is 1. The summed E-state index contributed by atoms with van der Waals surface area (Å²) in [5.41, 5.74) is 0. The second kappa shape index (κ2) is 1.94. The van der Waals surface area contributed by atoms with E-state index in [1.807, 2.05) is 0 Å². The van der Waals surface area contributed by atoms with E-state index in [4.69, 9.17) is 0 Å². The second-order valence-corrected chi connectivity index (χ2v) is 4.71. The molecular formula is C8H9BrO. The Hall–Kier alpha value is -0.110. The molecule has 0 aromatic rings. The van der Waals surface area contributed by atoms with Crippen LogP contribution in [0, 0.1) is 11.8 Å². The van der Waals surface area contributed by atoms with Crippen molar-refractivity contribution in [2.75, 3.05) is 0 Å². The lowest BCUT2D eigenvalue weighted by Crippen LogP contribution is -2.27. The van der Waals surface area contributed by atoms with Crippen LogP contribution in [-0.4, -0.2) is 10.6 Å². The first-order valence-electron chi connectivity index (χ1n) is 3.58. The predicted molar refractivity (Wildman–Crippen MR) is 43.1 cm³/mol. The molecule has 0 heterocycles. The molecule has 0 aromatic carbocycles. The SMILES string of the molecule is O=CC1(Br)CC2C=CC1C2. The number of hydrogen-bond donors (Lipinski definition) is 0. The molecule has 10 heavy (non-hydrogen) atoms. The number of aldehydes is 1. The van der Waals surface area contributed by atoms with Gasteiger partial charge in [-0.25, -0.2) is 0 Å². The number of rotatable bonds is 1. The summed E-state index contributed by atoms with van der Waals surface area (Å²) in [6, 6.07) is 0. The molecule has 2 rings (SSSR count). The third kappa shape index (κ3) is 0.715. The van der Waals surface area contributed by atoms with Crippen molar-refractivity contribution in [3.8, 4) is 0 Å². The lowest BCUT2D eigenvalue weighted by Gasteiger charge is -2.21. The molecule has 54 valence electrons. The molecule has 2 aliphatic rings. The van der Waals surface area contributed by atoms with Crippen LogP contribution in [-0.2, 0) is 4.79 Å². The molecule has 0 aliphatic heterocycles. The molecule has 0 saturated heterocycles. The molecule has 3 atom stereocenters. The summed E-state index contributed by atoms with van der Waals surface area (Å²) < 4.78 is -0.202. The van der Waals surface area contributed by atoms with E-state index in [-0.39, 0.29) is 4.32 Å². The van der Waals surface area contributed by atoms with Gasteiger partial charge in [-0.3, -0.25) is 0 Å². The smallest absolute Gasteiger partial charge is 0.137 e. The van der Waals surface area contributed by atoms with Crippen LogP contribution in [0.2, 0.25) is 0 Å². The van der Waals surface area contributed by atoms with Crippen LogP contribution >= 0.6 is 15.9 Å². The lowest BCUT2D eigenvalue weighted by atomic mass is 9.95. The Morgan fingerprint density at radius 2 is 2.40 bits per heavy atom. The fourth-order valence-electron chi connectivity index (χ4n) is 1.97. The van der Waals surface area contributed by atoms with Crippen LogP contribution in [0.15, 0.2) is 12.2 Å². The van der Waals surface area contributed by atoms with Crippen molar-refractivity contribution < 1.29 is 4.79 Å². The van der Waals surface area contributed by atoms with Crippen molar-refractivity contribution in [1.82, 2.24) is 0 Å². The van der Waals surface area contributed by atoms with Gasteiger partial charge < -0.3 is 4.79 Å². The number of carbonyl (C=O) groups excluding carboxylic acids is 1. The number of carbonyl (C=O) groups is 1. The Balaban J connectivity index is 2.30. The highest BCUT2D eigenvalue weighted by atomic mass is 79.9. The molecule has 0 radical (unpaired) electrons. The van der Waals surface area contributed by atoms with Gasteiger partial charge in [0, 0.05) is 0 Å². The molecule has 0 N–H and O–H groups in total. The zero-order valence-electron chi connectivity index (χ0n) is 5.59. The van der Waals surface area contributed by atoms with E-state index in [1.165, 1.54) is 6.42 Å². The molecule has 0 aromatic heterocycles. The van der Waals surface area contributed by atoms with E-state index in [2.05, 4.69) is 28.1 Å². The monoisotopic (exact) mass is 200 g/mol. The molecule has 2 bridgehead atoms. The first-order valence-corrected chi connectivity index (χ1v) is 4.37. The van der Waals surface area contributed by atoms with Gasteiger partial charge in [-0.1, -0.05) is 28.1 Å². The van der Waals surface area contributed by atoms with E-state index in [9.17, 15) is 4.79 Å². The minimum absolute atomic E-state index is 0.202. The van der Waals surface area contributed by atoms with Gasteiger partial charge in [0.1, 0.15) is 6.29 Å². The van der Waals surface area contributed by atoms with E-state index in [1.54, 1.807) is 0 Å². The van der Waals surface area contributed by atoms with Crippen LogP contribution in [0.3, 0.4) is 0 Å². The lowest BCUT2D eigenvalue weighted by molar-refractivity contribution is -0.110. The molecule has 1 fully saturated rings. The second-order valence-electron chi connectivity index (χ2n) is 3.24. The number of hydrogen-bond acceptors (Lipinski definition) is 1. The number of fused-ring (bicyclic) bond motifs is 2. The van der Waals surface area contributed by atoms with Crippen LogP contribution < -0.4 is 0 Å². The van der Waals surface area contributed by atoms with E-state index >= 15 is 0 Å². The first-order chi connectivity index (χ1) is 4.74. The summed E-state index contributed by atoms with van der Waals surface area (Å²) in [6.07, 6.45) is 7.62. The van der Waals surface area contributed by atoms with Gasteiger partial charge in [0.25, 0.3) is 0 Å². The third-order valence-corrected chi connectivity index (χ3v) is 3.66. The average molecular weight is 201 g/mol. The first kappa shape index (κ1) is 6.59. The predicted octanol–water partition coefficient (Wildman–Crippen LogP) is 1.92. The van der Waals surface area contributed by atoms with Crippen molar-refractivity contribution in [2.45, 2.75) is 17.2 Å². The fourth-order valence-corrected chi connectivity index (χ4v) is 2.73. The molecule has 2 aliphatic carbocycles. The van der Waals surface area contributed by atoms with Crippen molar-refractivity contribution >= 4 is 22.2 Å². The van der Waals surface area contributed by atoms with E-state index in [0.717, 1.165) is 12.7 Å². The Morgan fingerprint density at radius 1 is 1.60 bits per heavy atom. The van der Waals surface area contributed by atoms with Gasteiger partial charge in [-0.15, -0.1) is 0 Å². The highest BCUT2D eigenvalue weighted by Crippen LogP contribution is 2.49. The van der Waals surface area contributed by atoms with Crippen LogP contribution in [0.1, 0.15) is 12.8 Å². The normalized spacial score (nSPS) is 50.1. The molecule has 1 saturated carbocycles. The molecule has 1 nitrogen and oxygen atoms in total. The van der Waals surface area contributed by atoms with Gasteiger partial charge in [-0.05, 0) is 24.7 Å². The Kier molecular flexibility index (Phi) is 1.28. The van der Waals surface area contributed by atoms with Crippen molar-refractivity contribution in [2.24, 2.45) is 11.8 Å². The summed E-state index contributed by atoms with van der Waals surface area (Å²) in [6.45, 7) is 0. The zero-order chi connectivity index (χ0) is 7.19. The van der Waals surface area contributed by atoms with Crippen LogP contribution in [0.5, 0.6) is 0 Å². The van der Waals surface area contributed by atoms with Gasteiger partial charge in [0.15, 0.2) is 0 Å². The summed E-state index contributed by atoms with van der Waals surface area (Å²) >= 11 is 3.48. The van der Waals surface area contributed by atoms with E-state index in [0.29, 0.717) is 11.8 Å². The van der Waals surface area contributed by atoms with Gasteiger partial charge in [0.2, 0.25) is 0 Å². The number of allylic oxidation sites excluding steroid dienone is 2. The minimum atomic E-state index is -0.202. The molecule has 2 heteroatoms. The molecule has 0 amide bonds. The molecule has 0 spiro atoms. The molecular weight excluding hydrogens is 192 g/mol. The Morgan fingerprint density at radius 3 is 2.70 bits per heavy atom. The third-order valence-electron chi connectivity index (χ3n) is 2.56. The highest BCUT2D eigenvalue weighted by molar-refractivity contribution is 9.10. The standard InChI is InChI=1S/C8H9BrO/c9-8(5-10)4-6-1-2-7(8)3-6/h1-2,5-7H,3-4H2. The summed E-state index contributed by atoms with van der Waals surface area (Å²) in [5.74, 6) is 1.13. The maximum absolute atomic E-state index is 10.6. The van der Waals surface area contributed by atoms with Gasteiger partial charge in [0.05, 0.1) is 4.32 Å². The van der Waals surface area contributed by atoms with Crippen LogP contribution in [0.4, 0.5) is 0 Å². The highest BCUT2D eigenvalue weighted by Gasteiger charge is 2.46.